The Balaban J connectivity index is 1.37. The average Bonchev–Trinajstić information content (AvgIpc) is 3.03. The summed E-state index contributed by atoms with van der Waals surface area (Å²) in [4.78, 5) is 2.58. The molecule has 0 aromatic carbocycles. The van der Waals surface area contributed by atoms with Gasteiger partial charge in [0.15, 0.2) is 0 Å². The van der Waals surface area contributed by atoms with Crippen molar-refractivity contribution in [2.45, 2.75) is 70.4 Å². The van der Waals surface area contributed by atoms with E-state index in [9.17, 15) is 0 Å². The zero-order valence-corrected chi connectivity index (χ0v) is 12.9. The first-order valence-corrected chi connectivity index (χ1v) is 8.67. The molecule has 1 aliphatic heterocycles. The summed E-state index contributed by atoms with van der Waals surface area (Å²) in [5.41, 5.74) is 0. The van der Waals surface area contributed by atoms with Gasteiger partial charge in [0.05, 0.1) is 0 Å². The van der Waals surface area contributed by atoms with Gasteiger partial charge in [-0.2, -0.15) is 0 Å². The molecule has 3 aliphatic rings. The van der Waals surface area contributed by atoms with Crippen LogP contribution in [0.4, 0.5) is 0 Å². The highest BCUT2D eigenvalue weighted by Crippen LogP contribution is 2.49. The summed E-state index contributed by atoms with van der Waals surface area (Å²) in [6, 6.07) is 1.60. The number of nitrogens with one attached hydrogen (secondary N) is 1. The normalized spacial score (nSPS) is 40.7. The molecule has 5 unspecified atom stereocenters. The fourth-order valence-electron chi connectivity index (χ4n) is 5.04. The van der Waals surface area contributed by atoms with Gasteiger partial charge in [-0.15, -0.1) is 0 Å². The molecular weight excluding hydrogens is 232 g/mol. The van der Waals surface area contributed by atoms with Crippen molar-refractivity contribution >= 4 is 0 Å². The number of likely N-dealkylation sites (tertiary alicyclic amines) is 1. The van der Waals surface area contributed by atoms with E-state index in [-0.39, 0.29) is 0 Å². The third kappa shape index (κ3) is 3.16. The molecule has 0 aromatic heterocycles. The second-order valence-electron chi connectivity index (χ2n) is 7.50. The van der Waals surface area contributed by atoms with Crippen LogP contribution in [0.5, 0.6) is 0 Å². The molecule has 0 aromatic rings. The van der Waals surface area contributed by atoms with Crippen LogP contribution in [-0.2, 0) is 0 Å². The quantitative estimate of drug-likeness (QED) is 0.820. The van der Waals surface area contributed by atoms with Gasteiger partial charge in [0.25, 0.3) is 0 Å². The largest absolute Gasteiger partial charge is 0.314 e. The first-order chi connectivity index (χ1) is 9.24. The van der Waals surface area contributed by atoms with Crippen LogP contribution >= 0.6 is 0 Å². The highest BCUT2D eigenvalue weighted by atomic mass is 15.1. The number of fused-ring (bicyclic) bond motifs is 2. The summed E-state index contributed by atoms with van der Waals surface area (Å²) >= 11 is 0. The van der Waals surface area contributed by atoms with E-state index in [2.05, 4.69) is 24.2 Å². The summed E-state index contributed by atoms with van der Waals surface area (Å²) in [6.07, 6.45) is 11.7. The monoisotopic (exact) mass is 264 g/mol. The minimum atomic E-state index is 0.754. The van der Waals surface area contributed by atoms with Crippen LogP contribution in [0.25, 0.3) is 0 Å². The second kappa shape index (κ2) is 6.13. The van der Waals surface area contributed by atoms with Crippen LogP contribution in [0.3, 0.4) is 0 Å². The first-order valence-electron chi connectivity index (χ1n) is 8.67. The number of nitrogens with zero attached hydrogens (tertiary/aromatic N) is 1. The van der Waals surface area contributed by atoms with Crippen LogP contribution < -0.4 is 5.32 Å². The van der Waals surface area contributed by atoms with E-state index in [0.29, 0.717) is 0 Å². The van der Waals surface area contributed by atoms with Crippen molar-refractivity contribution < 1.29 is 0 Å². The standard InChI is InChI=1S/C17H32N2/c1-13(17-12-14-6-7-15(17)11-14)18-9-8-16-5-3-4-10-19(16)2/h13-18H,3-12H2,1-2H3. The summed E-state index contributed by atoms with van der Waals surface area (Å²) in [5, 5.41) is 3.85. The average molecular weight is 264 g/mol. The molecule has 2 bridgehead atoms. The molecule has 2 heteroatoms. The molecule has 19 heavy (non-hydrogen) atoms. The van der Waals surface area contributed by atoms with Crippen molar-refractivity contribution in [2.75, 3.05) is 20.1 Å². The minimum Gasteiger partial charge on any atom is -0.314 e. The lowest BCUT2D eigenvalue weighted by molar-refractivity contribution is 0.171. The van der Waals surface area contributed by atoms with Gasteiger partial charge in [-0.3, -0.25) is 0 Å². The molecule has 2 nitrogen and oxygen atoms in total. The molecule has 2 saturated carbocycles. The van der Waals surface area contributed by atoms with Gasteiger partial charge in [0, 0.05) is 12.1 Å². The van der Waals surface area contributed by atoms with Gasteiger partial charge in [0.2, 0.25) is 0 Å². The Hall–Kier alpha value is -0.0800. The van der Waals surface area contributed by atoms with Crippen molar-refractivity contribution in [1.82, 2.24) is 10.2 Å². The van der Waals surface area contributed by atoms with Gasteiger partial charge < -0.3 is 10.2 Å². The lowest BCUT2D eigenvalue weighted by Crippen LogP contribution is -2.41. The van der Waals surface area contributed by atoms with E-state index in [1.54, 1.807) is 6.42 Å². The second-order valence-corrected chi connectivity index (χ2v) is 7.50. The Kier molecular flexibility index (Phi) is 4.48. The van der Waals surface area contributed by atoms with E-state index in [4.69, 9.17) is 0 Å². The van der Waals surface area contributed by atoms with Gasteiger partial charge in [0.1, 0.15) is 0 Å². The smallest absolute Gasteiger partial charge is 0.0104 e. The summed E-state index contributed by atoms with van der Waals surface area (Å²) in [6.45, 7) is 4.98. The van der Waals surface area contributed by atoms with Crippen LogP contribution in [0.2, 0.25) is 0 Å². The number of hydrogen-bond acceptors (Lipinski definition) is 2. The van der Waals surface area contributed by atoms with Crippen LogP contribution in [0.1, 0.15) is 58.3 Å². The van der Waals surface area contributed by atoms with E-state index in [1.807, 2.05) is 0 Å². The Bertz CT molecular complexity index is 291. The number of hydrogen-bond donors (Lipinski definition) is 1. The predicted molar refractivity (Wildman–Crippen MR) is 81.3 cm³/mol. The molecule has 3 rings (SSSR count). The Morgan fingerprint density at radius 3 is 2.74 bits per heavy atom. The number of rotatable bonds is 5. The zero-order chi connectivity index (χ0) is 13.2. The molecule has 0 amide bonds. The third-order valence-corrected chi connectivity index (χ3v) is 6.30. The van der Waals surface area contributed by atoms with E-state index in [1.165, 1.54) is 58.0 Å². The molecule has 0 radical (unpaired) electrons. The topological polar surface area (TPSA) is 15.3 Å². The van der Waals surface area contributed by atoms with Crippen LogP contribution in [0.15, 0.2) is 0 Å². The predicted octanol–water partition coefficient (Wildman–Crippen LogP) is 3.28. The maximum absolute atomic E-state index is 3.85. The lowest BCUT2D eigenvalue weighted by atomic mass is 9.84. The molecule has 5 atom stereocenters. The summed E-state index contributed by atoms with van der Waals surface area (Å²) in [7, 11) is 2.31. The van der Waals surface area contributed by atoms with Gasteiger partial charge >= 0.3 is 0 Å². The maximum atomic E-state index is 3.85. The van der Waals surface area contributed by atoms with Crippen LogP contribution in [-0.4, -0.2) is 37.1 Å². The van der Waals surface area contributed by atoms with E-state index >= 15 is 0 Å². The molecule has 110 valence electrons. The summed E-state index contributed by atoms with van der Waals surface area (Å²) < 4.78 is 0. The SMILES string of the molecule is CC(NCCC1CCCCN1C)C1CC2CCC1C2. The van der Waals surface area contributed by atoms with E-state index < -0.39 is 0 Å². The Morgan fingerprint density at radius 1 is 1.16 bits per heavy atom. The fourth-order valence-corrected chi connectivity index (χ4v) is 5.04. The zero-order valence-electron chi connectivity index (χ0n) is 12.9. The van der Waals surface area contributed by atoms with Crippen molar-refractivity contribution in [1.29, 1.82) is 0 Å². The molecule has 0 spiro atoms. The fraction of sp³-hybridized carbons (Fsp3) is 1.00. The Labute approximate surface area is 119 Å². The molecule has 3 fully saturated rings. The molecule has 1 N–H and O–H groups in total. The first kappa shape index (κ1) is 13.9. The maximum Gasteiger partial charge on any atom is 0.0104 e. The third-order valence-electron chi connectivity index (χ3n) is 6.30. The van der Waals surface area contributed by atoms with Crippen LogP contribution in [0, 0.1) is 17.8 Å². The van der Waals surface area contributed by atoms with Crippen molar-refractivity contribution in [2.24, 2.45) is 17.8 Å². The molecule has 2 aliphatic carbocycles. The highest BCUT2D eigenvalue weighted by Gasteiger charge is 2.41. The molecular formula is C17H32N2. The number of piperidine rings is 1. The van der Waals surface area contributed by atoms with E-state index in [0.717, 1.165) is 29.8 Å². The minimum absolute atomic E-state index is 0.754. The Morgan fingerprint density at radius 2 is 2.05 bits per heavy atom. The molecule has 1 saturated heterocycles. The van der Waals surface area contributed by atoms with Gasteiger partial charge in [-0.05, 0) is 83.3 Å². The lowest BCUT2D eigenvalue weighted by Gasteiger charge is -2.34. The van der Waals surface area contributed by atoms with Gasteiger partial charge in [-0.25, -0.2) is 0 Å². The highest BCUT2D eigenvalue weighted by molar-refractivity contribution is 4.94. The van der Waals surface area contributed by atoms with Crippen molar-refractivity contribution in [3.63, 3.8) is 0 Å². The van der Waals surface area contributed by atoms with Gasteiger partial charge in [-0.1, -0.05) is 12.8 Å². The van der Waals surface area contributed by atoms with Crippen molar-refractivity contribution in [3.8, 4) is 0 Å². The summed E-state index contributed by atoms with van der Waals surface area (Å²) in [5.74, 6) is 3.14. The van der Waals surface area contributed by atoms with Crippen molar-refractivity contribution in [3.05, 3.63) is 0 Å². The molecule has 1 heterocycles.